The number of sulfonamides is 1. The van der Waals surface area contributed by atoms with Crippen LogP contribution in [0.4, 0.5) is 0 Å². The number of carbonyl (C=O) groups is 1. The van der Waals surface area contributed by atoms with E-state index in [9.17, 15) is 13.2 Å². The topological polar surface area (TPSA) is 75.7 Å². The number of rotatable bonds is 5. The second kappa shape index (κ2) is 8.32. The number of amides is 1. The summed E-state index contributed by atoms with van der Waals surface area (Å²) in [5, 5.41) is 3.00. The first-order valence-corrected chi connectivity index (χ1v) is 10.8. The van der Waals surface area contributed by atoms with E-state index < -0.39 is 10.0 Å². The van der Waals surface area contributed by atoms with E-state index in [0.29, 0.717) is 42.1 Å². The smallest absolute Gasteiger partial charge is 0.251 e. The van der Waals surface area contributed by atoms with E-state index in [0.717, 1.165) is 11.1 Å². The van der Waals surface area contributed by atoms with Crippen molar-refractivity contribution in [1.82, 2.24) is 9.62 Å². The van der Waals surface area contributed by atoms with Crippen molar-refractivity contribution < 1.29 is 17.9 Å². The fraction of sp³-hybridized carbons (Fsp3) is 0.381. The zero-order valence-electron chi connectivity index (χ0n) is 16.4. The number of ether oxygens (including phenoxy) is 1. The van der Waals surface area contributed by atoms with Crippen molar-refractivity contribution in [3.63, 3.8) is 0 Å². The van der Waals surface area contributed by atoms with E-state index in [4.69, 9.17) is 4.74 Å². The SMILES string of the molecule is COc1ccc(C(=O)NC2CCN(S(=O)(=O)c3ccc(C)cc3C)CC2)cc1. The van der Waals surface area contributed by atoms with Crippen molar-refractivity contribution in [2.75, 3.05) is 20.2 Å². The van der Waals surface area contributed by atoms with Gasteiger partial charge < -0.3 is 10.1 Å². The van der Waals surface area contributed by atoms with Gasteiger partial charge in [-0.15, -0.1) is 0 Å². The Morgan fingerprint density at radius 3 is 2.29 bits per heavy atom. The molecular weight excluding hydrogens is 376 g/mol. The predicted octanol–water partition coefficient (Wildman–Crippen LogP) is 2.90. The lowest BCUT2D eigenvalue weighted by Gasteiger charge is -2.32. The number of benzene rings is 2. The van der Waals surface area contributed by atoms with E-state index in [1.807, 2.05) is 26.0 Å². The molecule has 2 aromatic carbocycles. The van der Waals surface area contributed by atoms with Crippen molar-refractivity contribution in [3.05, 3.63) is 59.2 Å². The van der Waals surface area contributed by atoms with Gasteiger partial charge in [-0.25, -0.2) is 8.42 Å². The maximum absolute atomic E-state index is 13.0. The van der Waals surface area contributed by atoms with Gasteiger partial charge in [-0.2, -0.15) is 4.31 Å². The number of hydrogen-bond acceptors (Lipinski definition) is 4. The Labute approximate surface area is 166 Å². The Morgan fingerprint density at radius 2 is 1.71 bits per heavy atom. The van der Waals surface area contributed by atoms with Gasteiger partial charge in [0.25, 0.3) is 5.91 Å². The van der Waals surface area contributed by atoms with E-state index in [-0.39, 0.29) is 11.9 Å². The normalized spacial score (nSPS) is 16.0. The molecule has 0 atom stereocenters. The Bertz CT molecular complexity index is 947. The number of piperidine rings is 1. The summed E-state index contributed by atoms with van der Waals surface area (Å²) < 4.78 is 32.5. The zero-order chi connectivity index (χ0) is 20.3. The average molecular weight is 403 g/mol. The minimum atomic E-state index is -3.51. The molecule has 150 valence electrons. The molecule has 1 heterocycles. The van der Waals surface area contributed by atoms with Crippen LogP contribution >= 0.6 is 0 Å². The third kappa shape index (κ3) is 4.36. The van der Waals surface area contributed by atoms with Crippen LogP contribution in [0.15, 0.2) is 47.4 Å². The second-order valence-electron chi connectivity index (χ2n) is 7.15. The molecule has 0 radical (unpaired) electrons. The first-order valence-electron chi connectivity index (χ1n) is 9.33. The highest BCUT2D eigenvalue weighted by Gasteiger charge is 2.31. The van der Waals surface area contributed by atoms with Gasteiger partial charge in [0.05, 0.1) is 12.0 Å². The minimum Gasteiger partial charge on any atom is -0.497 e. The quantitative estimate of drug-likeness (QED) is 0.834. The molecule has 0 bridgehead atoms. The molecule has 1 saturated heterocycles. The number of methoxy groups -OCH3 is 1. The molecule has 1 amide bonds. The highest BCUT2D eigenvalue weighted by atomic mass is 32.2. The summed E-state index contributed by atoms with van der Waals surface area (Å²) in [5.74, 6) is 0.541. The van der Waals surface area contributed by atoms with Gasteiger partial charge in [0.15, 0.2) is 0 Å². The first kappa shape index (κ1) is 20.4. The summed E-state index contributed by atoms with van der Waals surface area (Å²) >= 11 is 0. The standard InChI is InChI=1S/C21H26N2O4S/c1-15-4-9-20(16(2)14-15)28(25,26)23-12-10-18(11-13-23)22-21(24)17-5-7-19(27-3)8-6-17/h4-9,14,18H,10-13H2,1-3H3,(H,22,24). The molecule has 0 aliphatic carbocycles. The summed E-state index contributed by atoms with van der Waals surface area (Å²) in [5.41, 5.74) is 2.36. The Morgan fingerprint density at radius 1 is 1.07 bits per heavy atom. The van der Waals surface area contributed by atoms with Crippen LogP contribution in [-0.2, 0) is 10.0 Å². The van der Waals surface area contributed by atoms with Gasteiger partial charge in [0, 0.05) is 24.7 Å². The number of hydrogen-bond donors (Lipinski definition) is 1. The molecular formula is C21H26N2O4S. The molecule has 1 aliphatic heterocycles. The third-order valence-electron chi connectivity index (χ3n) is 5.09. The monoisotopic (exact) mass is 402 g/mol. The van der Waals surface area contributed by atoms with Gasteiger partial charge >= 0.3 is 0 Å². The predicted molar refractivity (Wildman–Crippen MR) is 108 cm³/mol. The van der Waals surface area contributed by atoms with Gasteiger partial charge in [-0.3, -0.25) is 4.79 Å². The summed E-state index contributed by atoms with van der Waals surface area (Å²) in [4.78, 5) is 12.8. The van der Waals surface area contributed by atoms with Crippen molar-refractivity contribution in [2.24, 2.45) is 0 Å². The van der Waals surface area contributed by atoms with Gasteiger partial charge in [-0.1, -0.05) is 17.7 Å². The van der Waals surface area contributed by atoms with Crippen molar-refractivity contribution in [2.45, 2.75) is 37.6 Å². The van der Waals surface area contributed by atoms with E-state index in [2.05, 4.69) is 5.32 Å². The molecule has 1 fully saturated rings. The molecule has 0 aromatic heterocycles. The molecule has 0 spiro atoms. The molecule has 1 N–H and O–H groups in total. The second-order valence-corrected chi connectivity index (χ2v) is 9.06. The Hall–Kier alpha value is -2.38. The Kier molecular flexibility index (Phi) is 6.05. The lowest BCUT2D eigenvalue weighted by atomic mass is 10.1. The van der Waals surface area contributed by atoms with Crippen LogP contribution < -0.4 is 10.1 Å². The Balaban J connectivity index is 1.61. The van der Waals surface area contributed by atoms with Crippen molar-refractivity contribution in [1.29, 1.82) is 0 Å². The fourth-order valence-corrected chi connectivity index (χ4v) is 5.15. The van der Waals surface area contributed by atoms with Crippen molar-refractivity contribution >= 4 is 15.9 Å². The van der Waals surface area contributed by atoms with Gasteiger partial charge in [-0.05, 0) is 62.6 Å². The summed E-state index contributed by atoms with van der Waals surface area (Å²) in [7, 11) is -1.94. The molecule has 0 unspecified atom stereocenters. The number of nitrogens with zero attached hydrogens (tertiary/aromatic N) is 1. The molecule has 7 heteroatoms. The largest absolute Gasteiger partial charge is 0.497 e. The maximum Gasteiger partial charge on any atom is 0.251 e. The van der Waals surface area contributed by atoms with Crippen LogP contribution in [0.25, 0.3) is 0 Å². The van der Waals surface area contributed by atoms with E-state index >= 15 is 0 Å². The van der Waals surface area contributed by atoms with E-state index in [1.165, 1.54) is 4.31 Å². The zero-order valence-corrected chi connectivity index (χ0v) is 17.3. The molecule has 6 nitrogen and oxygen atoms in total. The number of carbonyl (C=O) groups excluding carboxylic acids is 1. The van der Waals surface area contributed by atoms with Crippen LogP contribution in [0.2, 0.25) is 0 Å². The molecule has 2 aromatic rings. The lowest BCUT2D eigenvalue weighted by molar-refractivity contribution is 0.0924. The first-order chi connectivity index (χ1) is 13.3. The summed E-state index contributed by atoms with van der Waals surface area (Å²) in [6, 6.07) is 12.3. The summed E-state index contributed by atoms with van der Waals surface area (Å²) in [6.07, 6.45) is 1.18. The number of aryl methyl sites for hydroxylation is 2. The van der Waals surface area contributed by atoms with Gasteiger partial charge in [0.2, 0.25) is 10.0 Å². The van der Waals surface area contributed by atoms with Crippen LogP contribution in [0.3, 0.4) is 0 Å². The highest BCUT2D eigenvalue weighted by Crippen LogP contribution is 2.24. The van der Waals surface area contributed by atoms with Crippen molar-refractivity contribution in [3.8, 4) is 5.75 Å². The lowest BCUT2D eigenvalue weighted by Crippen LogP contribution is -2.46. The molecule has 28 heavy (non-hydrogen) atoms. The van der Waals surface area contributed by atoms with Gasteiger partial charge in [0.1, 0.15) is 5.75 Å². The molecule has 1 aliphatic rings. The number of nitrogens with one attached hydrogen (secondary N) is 1. The van der Waals surface area contributed by atoms with Crippen LogP contribution in [-0.4, -0.2) is 44.9 Å². The van der Waals surface area contributed by atoms with Crippen LogP contribution in [0, 0.1) is 13.8 Å². The minimum absolute atomic E-state index is 0.0415. The average Bonchev–Trinajstić information content (AvgIpc) is 2.68. The third-order valence-corrected chi connectivity index (χ3v) is 7.15. The fourth-order valence-electron chi connectivity index (χ4n) is 3.48. The summed E-state index contributed by atoms with van der Waals surface area (Å²) in [6.45, 7) is 4.55. The molecule has 0 saturated carbocycles. The molecule has 3 rings (SSSR count). The van der Waals surface area contributed by atoms with Crippen LogP contribution in [0.1, 0.15) is 34.3 Å². The highest BCUT2D eigenvalue weighted by molar-refractivity contribution is 7.89. The maximum atomic E-state index is 13.0. The van der Waals surface area contributed by atoms with Crippen LogP contribution in [0.5, 0.6) is 5.75 Å². The van der Waals surface area contributed by atoms with E-state index in [1.54, 1.807) is 37.4 Å².